The van der Waals surface area contributed by atoms with Crippen LogP contribution in [-0.2, 0) is 6.54 Å². The minimum atomic E-state index is 0.298. The van der Waals surface area contributed by atoms with Crippen LogP contribution < -0.4 is 5.32 Å². The average molecular weight is 425 g/mol. The summed E-state index contributed by atoms with van der Waals surface area (Å²) in [5.74, 6) is 1.16. The fourth-order valence-corrected chi connectivity index (χ4v) is 4.57. The van der Waals surface area contributed by atoms with Crippen LogP contribution in [0.1, 0.15) is 24.2 Å². The van der Waals surface area contributed by atoms with Gasteiger partial charge in [0.15, 0.2) is 11.5 Å². The lowest BCUT2D eigenvalue weighted by atomic mass is 9.98. The number of aliphatic hydroxyl groups is 1. The van der Waals surface area contributed by atoms with Crippen LogP contribution in [0, 0.1) is 12.8 Å². The lowest BCUT2D eigenvalue weighted by Gasteiger charge is -2.30. The van der Waals surface area contributed by atoms with Crippen LogP contribution in [0.15, 0.2) is 30.9 Å². The Morgan fingerprint density at radius 2 is 2.17 bits per heavy atom. The molecule has 1 saturated heterocycles. The van der Waals surface area contributed by atoms with E-state index in [0.717, 1.165) is 65.8 Å². The largest absolute Gasteiger partial charge is 0.396 e. The number of fused-ring (bicyclic) bond motifs is 1. The minimum absolute atomic E-state index is 0.298. The maximum Gasteiger partial charge on any atom is 0.180 e. The molecule has 1 aliphatic heterocycles. The minimum Gasteiger partial charge on any atom is -0.396 e. The lowest BCUT2D eigenvalue weighted by molar-refractivity contribution is 0.127. The molecule has 3 N–H and O–H groups in total. The zero-order valence-corrected chi connectivity index (χ0v) is 17.6. The van der Waals surface area contributed by atoms with Crippen molar-refractivity contribution in [1.29, 1.82) is 0 Å². The van der Waals surface area contributed by atoms with Crippen molar-refractivity contribution in [1.82, 2.24) is 33.8 Å². The van der Waals surface area contributed by atoms with Gasteiger partial charge in [-0.05, 0) is 56.4 Å². The van der Waals surface area contributed by atoms with Gasteiger partial charge in [0.25, 0.3) is 0 Å². The first-order valence-corrected chi connectivity index (χ1v) is 10.9. The Morgan fingerprint density at radius 3 is 2.93 bits per heavy atom. The molecule has 156 valence electrons. The molecule has 9 nitrogen and oxygen atoms in total. The summed E-state index contributed by atoms with van der Waals surface area (Å²) in [7, 11) is 0. The molecule has 0 bridgehead atoms. The van der Waals surface area contributed by atoms with Gasteiger partial charge in [0.2, 0.25) is 0 Å². The van der Waals surface area contributed by atoms with Crippen LogP contribution in [-0.4, -0.2) is 58.6 Å². The summed E-state index contributed by atoms with van der Waals surface area (Å²) >= 11 is 1.44. The van der Waals surface area contributed by atoms with E-state index in [0.29, 0.717) is 18.3 Å². The molecule has 4 aromatic rings. The van der Waals surface area contributed by atoms with E-state index < -0.39 is 0 Å². The third-order valence-electron chi connectivity index (χ3n) is 5.56. The quantitative estimate of drug-likeness (QED) is 0.437. The average Bonchev–Trinajstić information content (AvgIpc) is 3.49. The number of aryl methyl sites for hydroxylation is 1. The first-order chi connectivity index (χ1) is 14.7. The topological polar surface area (TPSA) is 107 Å². The van der Waals surface area contributed by atoms with E-state index in [1.54, 1.807) is 6.20 Å². The van der Waals surface area contributed by atoms with Gasteiger partial charge in [0, 0.05) is 31.1 Å². The van der Waals surface area contributed by atoms with Crippen molar-refractivity contribution in [3.05, 3.63) is 42.2 Å². The van der Waals surface area contributed by atoms with Gasteiger partial charge in [-0.1, -0.05) is 0 Å². The Morgan fingerprint density at radius 1 is 1.30 bits per heavy atom. The molecule has 5 heterocycles. The number of hydrogen-bond acceptors (Lipinski definition) is 8. The maximum atomic E-state index is 9.31. The normalized spacial score (nSPS) is 15.8. The second kappa shape index (κ2) is 8.13. The summed E-state index contributed by atoms with van der Waals surface area (Å²) < 4.78 is 6.65. The smallest absolute Gasteiger partial charge is 0.180 e. The number of nitrogens with zero attached hydrogens (tertiary/aromatic N) is 6. The molecule has 5 rings (SSSR count). The summed E-state index contributed by atoms with van der Waals surface area (Å²) in [5.41, 5.74) is 4.64. The van der Waals surface area contributed by atoms with E-state index in [2.05, 4.69) is 40.8 Å². The first-order valence-electron chi connectivity index (χ1n) is 10.1. The molecule has 30 heavy (non-hydrogen) atoms. The van der Waals surface area contributed by atoms with Crippen LogP contribution in [0.3, 0.4) is 0 Å². The molecule has 0 aromatic carbocycles. The van der Waals surface area contributed by atoms with Crippen LogP contribution in [0.2, 0.25) is 0 Å². The van der Waals surface area contributed by atoms with Crippen LogP contribution in [0.25, 0.3) is 16.9 Å². The second-order valence-electron chi connectivity index (χ2n) is 7.76. The van der Waals surface area contributed by atoms with Crippen LogP contribution in [0.5, 0.6) is 0 Å². The highest BCUT2D eigenvalue weighted by Gasteiger charge is 2.19. The molecule has 0 aliphatic carbocycles. The lowest BCUT2D eigenvalue weighted by Crippen LogP contribution is -2.34. The molecule has 0 radical (unpaired) electrons. The Labute approximate surface area is 178 Å². The molecule has 0 spiro atoms. The van der Waals surface area contributed by atoms with Gasteiger partial charge in [-0.3, -0.25) is 14.4 Å². The number of anilines is 2. The second-order valence-corrected chi connectivity index (χ2v) is 8.57. The number of aromatic amines is 1. The Kier molecular flexibility index (Phi) is 5.19. The summed E-state index contributed by atoms with van der Waals surface area (Å²) in [4.78, 5) is 11.6. The third kappa shape index (κ3) is 3.81. The van der Waals surface area contributed by atoms with Crippen molar-refractivity contribution in [3.8, 4) is 11.3 Å². The predicted octanol–water partition coefficient (Wildman–Crippen LogP) is 2.83. The molecule has 0 unspecified atom stereocenters. The van der Waals surface area contributed by atoms with Gasteiger partial charge in [0.1, 0.15) is 5.00 Å². The van der Waals surface area contributed by atoms with Crippen molar-refractivity contribution >= 4 is 28.0 Å². The number of aliphatic hydroxyl groups excluding tert-OH is 1. The molecule has 0 atom stereocenters. The van der Waals surface area contributed by atoms with Crippen molar-refractivity contribution < 1.29 is 5.11 Å². The van der Waals surface area contributed by atoms with Crippen LogP contribution in [0.4, 0.5) is 10.8 Å². The molecule has 1 fully saturated rings. The van der Waals surface area contributed by atoms with Crippen molar-refractivity contribution in [2.24, 2.45) is 5.92 Å². The van der Waals surface area contributed by atoms with E-state index in [4.69, 9.17) is 0 Å². The number of imidazole rings is 1. The van der Waals surface area contributed by atoms with Gasteiger partial charge in [-0.2, -0.15) is 9.47 Å². The summed E-state index contributed by atoms with van der Waals surface area (Å²) in [6, 6.07) is 2.09. The highest BCUT2D eigenvalue weighted by atomic mass is 32.1. The number of piperidine rings is 1. The van der Waals surface area contributed by atoms with E-state index >= 15 is 0 Å². The number of H-pyrrole nitrogens is 1. The Hall–Kier alpha value is -2.82. The first kappa shape index (κ1) is 19.2. The summed E-state index contributed by atoms with van der Waals surface area (Å²) in [6.07, 6.45) is 9.55. The van der Waals surface area contributed by atoms with Crippen molar-refractivity contribution in [2.45, 2.75) is 26.3 Å². The van der Waals surface area contributed by atoms with E-state index in [9.17, 15) is 5.11 Å². The van der Waals surface area contributed by atoms with Gasteiger partial charge >= 0.3 is 0 Å². The number of nitrogens with one attached hydrogen (secondary N) is 2. The molecule has 4 aromatic heterocycles. The molecular weight excluding hydrogens is 400 g/mol. The number of likely N-dealkylation sites (tertiary alicyclic amines) is 1. The number of rotatable bonds is 6. The molecule has 10 heteroatoms. The van der Waals surface area contributed by atoms with Crippen molar-refractivity contribution in [3.63, 3.8) is 0 Å². The maximum absolute atomic E-state index is 9.31. The molecule has 1 aliphatic rings. The van der Waals surface area contributed by atoms with Crippen LogP contribution >= 0.6 is 11.5 Å². The fraction of sp³-hybridized carbons (Fsp3) is 0.400. The summed E-state index contributed by atoms with van der Waals surface area (Å²) in [5, 5.41) is 20.5. The van der Waals surface area contributed by atoms with Gasteiger partial charge in [0.05, 0.1) is 29.5 Å². The van der Waals surface area contributed by atoms with Gasteiger partial charge in [-0.15, -0.1) is 0 Å². The Balaban J connectivity index is 1.34. The standard InChI is InChI=1S/C20H24N8OS/c1-13-10-28-17(15-7-22-23-8-15)9-21-20(28)19(24-13)25-18-6-16(26-30-18)11-27-4-2-14(12-29)3-5-27/h6-10,14,29H,2-5,11-12H2,1H3,(H,22,23)(H,24,25). The zero-order valence-electron chi connectivity index (χ0n) is 16.7. The molecular formula is C20H24N8OS. The number of aromatic nitrogens is 6. The summed E-state index contributed by atoms with van der Waals surface area (Å²) in [6.45, 7) is 5.12. The predicted molar refractivity (Wildman–Crippen MR) is 116 cm³/mol. The van der Waals surface area contributed by atoms with Gasteiger partial charge in [-0.25, -0.2) is 9.97 Å². The third-order valence-corrected chi connectivity index (χ3v) is 6.30. The Bertz CT molecular complexity index is 1130. The van der Waals surface area contributed by atoms with Crippen molar-refractivity contribution in [2.75, 3.05) is 25.0 Å². The molecule has 0 amide bonds. The van der Waals surface area contributed by atoms with E-state index in [-0.39, 0.29) is 0 Å². The highest BCUT2D eigenvalue weighted by Crippen LogP contribution is 2.28. The monoisotopic (exact) mass is 424 g/mol. The number of hydrogen-bond donors (Lipinski definition) is 3. The van der Waals surface area contributed by atoms with E-state index in [1.807, 2.05) is 29.9 Å². The van der Waals surface area contributed by atoms with E-state index in [1.165, 1.54) is 11.5 Å². The van der Waals surface area contributed by atoms with Gasteiger partial charge < -0.3 is 10.4 Å². The molecule has 0 saturated carbocycles. The zero-order chi connectivity index (χ0) is 20.5. The fourth-order valence-electron chi connectivity index (χ4n) is 3.92. The highest BCUT2D eigenvalue weighted by molar-refractivity contribution is 7.10. The SMILES string of the molecule is Cc1cn2c(-c3cn[nH]c3)cnc2c(Nc2cc(CN3CCC(CO)CC3)ns2)n1.